The minimum atomic E-state index is -1.04. The molecule has 1 N–H and O–H groups in total. The van der Waals surface area contributed by atoms with Crippen molar-refractivity contribution >= 4 is 29.2 Å². The molecule has 31 heavy (non-hydrogen) atoms. The molecular weight excluding hydrogens is 416 g/mol. The largest absolute Gasteiger partial charge is 0.448 e. The fourth-order valence-electron chi connectivity index (χ4n) is 3.43. The molecule has 1 aromatic carbocycles. The van der Waals surface area contributed by atoms with Crippen LogP contribution in [0.15, 0.2) is 30.3 Å². The van der Waals surface area contributed by atoms with Crippen LogP contribution < -0.4 is 5.32 Å². The summed E-state index contributed by atoms with van der Waals surface area (Å²) >= 11 is 6.18. The number of rotatable bonds is 5. The van der Waals surface area contributed by atoms with Crippen molar-refractivity contribution in [2.75, 3.05) is 5.32 Å². The maximum atomic E-state index is 12.7. The maximum Gasteiger partial charge on any atom is 0.359 e. The van der Waals surface area contributed by atoms with Crippen LogP contribution in [0, 0.1) is 34.6 Å². The van der Waals surface area contributed by atoms with Crippen molar-refractivity contribution in [3.05, 3.63) is 69.1 Å². The zero-order chi connectivity index (χ0) is 22.9. The molecule has 1 atom stereocenters. The average Bonchev–Trinajstić information content (AvgIpc) is 3.02. The molecule has 0 radical (unpaired) electrons. The second kappa shape index (κ2) is 8.89. The Morgan fingerprint density at radius 2 is 1.71 bits per heavy atom. The van der Waals surface area contributed by atoms with Crippen molar-refractivity contribution in [3.63, 3.8) is 0 Å². The first-order valence-corrected chi connectivity index (χ1v) is 10.2. The van der Waals surface area contributed by atoms with Gasteiger partial charge in [0.1, 0.15) is 0 Å². The molecule has 0 aliphatic heterocycles. The highest BCUT2D eigenvalue weighted by atomic mass is 35.5. The van der Waals surface area contributed by atoms with Crippen molar-refractivity contribution in [2.45, 2.75) is 47.6 Å². The number of ether oxygens (including phenoxy) is 1. The van der Waals surface area contributed by atoms with Gasteiger partial charge in [-0.3, -0.25) is 4.79 Å². The fourth-order valence-corrected chi connectivity index (χ4v) is 3.61. The molecule has 3 aromatic rings. The number of nitrogens with one attached hydrogen (secondary N) is 1. The zero-order valence-corrected chi connectivity index (χ0v) is 19.2. The fraction of sp³-hybridized carbons (Fsp3) is 0.304. The molecule has 1 amide bonds. The van der Waals surface area contributed by atoms with E-state index in [2.05, 4.69) is 15.4 Å². The Kier molecular flexibility index (Phi) is 6.45. The van der Waals surface area contributed by atoms with Gasteiger partial charge in [-0.25, -0.2) is 14.5 Å². The normalized spacial score (nSPS) is 11.8. The lowest BCUT2D eigenvalue weighted by atomic mass is 10.0. The van der Waals surface area contributed by atoms with E-state index in [4.69, 9.17) is 16.3 Å². The predicted octanol–water partition coefficient (Wildman–Crippen LogP) is 4.65. The number of aryl methyl sites for hydroxylation is 5. The first-order chi connectivity index (χ1) is 14.6. The van der Waals surface area contributed by atoms with E-state index in [-0.39, 0.29) is 10.7 Å². The third-order valence-electron chi connectivity index (χ3n) is 4.83. The minimum absolute atomic E-state index is 0.0749. The summed E-state index contributed by atoms with van der Waals surface area (Å²) in [6.07, 6.45) is -1.04. The zero-order valence-electron chi connectivity index (χ0n) is 18.4. The highest BCUT2D eigenvalue weighted by Crippen LogP contribution is 2.23. The van der Waals surface area contributed by atoms with Crippen LogP contribution in [-0.2, 0) is 9.53 Å². The lowest BCUT2D eigenvalue weighted by Gasteiger charge is -2.17. The number of halogens is 1. The minimum Gasteiger partial charge on any atom is -0.448 e. The number of carbonyl (C=O) groups is 2. The monoisotopic (exact) mass is 440 g/mol. The molecule has 0 bridgehead atoms. The van der Waals surface area contributed by atoms with Crippen molar-refractivity contribution in [1.82, 2.24) is 14.8 Å². The topological polar surface area (TPSA) is 86.1 Å². The number of hydrogen-bond donors (Lipinski definition) is 1. The first-order valence-electron chi connectivity index (χ1n) is 9.86. The van der Waals surface area contributed by atoms with Crippen LogP contribution in [0.25, 0.3) is 5.82 Å². The van der Waals surface area contributed by atoms with E-state index in [1.165, 1.54) is 6.92 Å². The molecule has 3 rings (SSSR count). The summed E-state index contributed by atoms with van der Waals surface area (Å²) in [5, 5.41) is 7.34. The second-order valence-electron chi connectivity index (χ2n) is 7.65. The van der Waals surface area contributed by atoms with Gasteiger partial charge in [-0.05, 0) is 70.9 Å². The standard InChI is InChI=1S/C23H25ClN4O3/c1-12-9-13(2)20(14(3)10-12)26-22(29)17(6)31-23(30)21-18(24)7-8-19(25-21)28-16(5)11-15(4)27-28/h7-11,17H,1-6H3,(H,26,29). The summed E-state index contributed by atoms with van der Waals surface area (Å²) in [7, 11) is 0. The number of aromatic nitrogens is 3. The summed E-state index contributed by atoms with van der Waals surface area (Å²) < 4.78 is 6.97. The van der Waals surface area contributed by atoms with Gasteiger partial charge in [0.05, 0.1) is 10.7 Å². The molecule has 0 spiro atoms. The van der Waals surface area contributed by atoms with Crippen LogP contribution in [0.1, 0.15) is 45.5 Å². The molecule has 7 nitrogen and oxygen atoms in total. The molecule has 0 fully saturated rings. The lowest BCUT2D eigenvalue weighted by Crippen LogP contribution is -2.31. The van der Waals surface area contributed by atoms with E-state index in [1.54, 1.807) is 16.8 Å². The Morgan fingerprint density at radius 1 is 1.06 bits per heavy atom. The lowest BCUT2D eigenvalue weighted by molar-refractivity contribution is -0.123. The van der Waals surface area contributed by atoms with Crippen LogP contribution in [-0.4, -0.2) is 32.7 Å². The summed E-state index contributed by atoms with van der Waals surface area (Å²) in [4.78, 5) is 29.7. The second-order valence-corrected chi connectivity index (χ2v) is 8.06. The van der Waals surface area contributed by atoms with E-state index in [9.17, 15) is 9.59 Å². The van der Waals surface area contributed by atoms with Crippen molar-refractivity contribution in [3.8, 4) is 5.82 Å². The number of nitrogens with zero attached hydrogens (tertiary/aromatic N) is 3. The Hall–Kier alpha value is -3.19. The molecule has 162 valence electrons. The van der Waals surface area contributed by atoms with Crippen molar-refractivity contribution in [1.29, 1.82) is 0 Å². The number of pyridine rings is 1. The van der Waals surface area contributed by atoms with Gasteiger partial charge in [-0.1, -0.05) is 29.3 Å². The van der Waals surface area contributed by atoms with Crippen LogP contribution in [0.5, 0.6) is 0 Å². The van der Waals surface area contributed by atoms with Gasteiger partial charge in [0, 0.05) is 11.4 Å². The summed E-state index contributed by atoms with van der Waals surface area (Å²) in [6.45, 7) is 11.1. The quantitative estimate of drug-likeness (QED) is 0.584. The molecule has 0 saturated carbocycles. The van der Waals surface area contributed by atoms with Gasteiger partial charge in [0.15, 0.2) is 17.6 Å². The molecule has 0 aliphatic rings. The molecule has 0 saturated heterocycles. The highest BCUT2D eigenvalue weighted by Gasteiger charge is 2.23. The average molecular weight is 441 g/mol. The molecule has 2 aromatic heterocycles. The number of benzene rings is 1. The molecule has 8 heteroatoms. The third-order valence-corrected chi connectivity index (χ3v) is 5.13. The summed E-state index contributed by atoms with van der Waals surface area (Å²) in [5.41, 5.74) is 5.30. The van der Waals surface area contributed by atoms with Gasteiger partial charge < -0.3 is 10.1 Å². The van der Waals surface area contributed by atoms with Gasteiger partial charge >= 0.3 is 5.97 Å². The Morgan fingerprint density at radius 3 is 2.29 bits per heavy atom. The summed E-state index contributed by atoms with van der Waals surface area (Å²) in [6, 6.07) is 9.08. The van der Waals surface area contributed by atoms with Gasteiger partial charge in [-0.2, -0.15) is 5.10 Å². The first kappa shape index (κ1) is 22.5. The van der Waals surface area contributed by atoms with Crippen molar-refractivity contribution < 1.29 is 14.3 Å². The molecular formula is C23H25ClN4O3. The van der Waals surface area contributed by atoms with E-state index in [1.807, 2.05) is 52.8 Å². The number of anilines is 1. The van der Waals surface area contributed by atoms with Gasteiger partial charge in [0.25, 0.3) is 5.91 Å². The van der Waals surface area contributed by atoms with Crippen LogP contribution >= 0.6 is 11.6 Å². The van der Waals surface area contributed by atoms with Crippen LogP contribution in [0.4, 0.5) is 5.69 Å². The van der Waals surface area contributed by atoms with Crippen molar-refractivity contribution in [2.24, 2.45) is 0 Å². The van der Waals surface area contributed by atoms with Gasteiger partial charge in [-0.15, -0.1) is 0 Å². The smallest absolute Gasteiger partial charge is 0.359 e. The third kappa shape index (κ3) is 4.94. The number of hydrogen-bond acceptors (Lipinski definition) is 5. The Bertz CT molecular complexity index is 1150. The number of carbonyl (C=O) groups excluding carboxylic acids is 2. The predicted molar refractivity (Wildman–Crippen MR) is 120 cm³/mol. The van der Waals surface area contributed by atoms with E-state index < -0.39 is 18.0 Å². The highest BCUT2D eigenvalue weighted by molar-refractivity contribution is 6.33. The van der Waals surface area contributed by atoms with Gasteiger partial charge in [0.2, 0.25) is 0 Å². The molecule has 2 heterocycles. The Labute approximate surface area is 186 Å². The van der Waals surface area contributed by atoms with Crippen LogP contribution in [0.3, 0.4) is 0 Å². The van der Waals surface area contributed by atoms with E-state index in [0.717, 1.165) is 28.1 Å². The SMILES string of the molecule is Cc1cc(C)c(NC(=O)C(C)OC(=O)c2nc(-n3nc(C)cc3C)ccc2Cl)c(C)c1. The maximum absolute atomic E-state index is 12.7. The molecule has 1 unspecified atom stereocenters. The molecule has 0 aliphatic carbocycles. The number of amides is 1. The van der Waals surface area contributed by atoms with Crippen LogP contribution in [0.2, 0.25) is 5.02 Å². The van der Waals surface area contributed by atoms with E-state index in [0.29, 0.717) is 11.5 Å². The van der Waals surface area contributed by atoms with E-state index >= 15 is 0 Å². The summed E-state index contributed by atoms with van der Waals surface area (Å²) in [5.74, 6) is -0.785. The number of esters is 1. The Balaban J connectivity index is 1.77.